The van der Waals surface area contributed by atoms with Crippen molar-refractivity contribution in [2.24, 2.45) is 0 Å². The first kappa shape index (κ1) is 12.3. The van der Waals surface area contributed by atoms with Crippen LogP contribution >= 0.6 is 11.3 Å². The summed E-state index contributed by atoms with van der Waals surface area (Å²) < 4.78 is 2.23. The van der Waals surface area contributed by atoms with E-state index in [0.29, 0.717) is 0 Å². The van der Waals surface area contributed by atoms with Crippen molar-refractivity contribution in [1.29, 1.82) is 0 Å². The summed E-state index contributed by atoms with van der Waals surface area (Å²) >= 11 is 1.75. The Morgan fingerprint density at radius 1 is 1.47 bits per heavy atom. The van der Waals surface area contributed by atoms with E-state index in [1.165, 1.54) is 11.3 Å². The van der Waals surface area contributed by atoms with E-state index in [2.05, 4.69) is 45.5 Å². The first-order valence-corrected chi connectivity index (χ1v) is 6.78. The van der Waals surface area contributed by atoms with Gasteiger partial charge in [0.05, 0.1) is 17.6 Å². The van der Waals surface area contributed by atoms with E-state index in [-0.39, 0.29) is 5.54 Å². The van der Waals surface area contributed by atoms with E-state index in [9.17, 15) is 0 Å². The minimum atomic E-state index is -0.0366. The van der Waals surface area contributed by atoms with Gasteiger partial charge >= 0.3 is 0 Å². The molecule has 17 heavy (non-hydrogen) atoms. The number of thiophene rings is 1. The van der Waals surface area contributed by atoms with Gasteiger partial charge < -0.3 is 9.88 Å². The highest BCUT2D eigenvalue weighted by molar-refractivity contribution is 7.07. The summed E-state index contributed by atoms with van der Waals surface area (Å²) in [5.74, 6) is 0. The molecule has 0 aliphatic heterocycles. The van der Waals surface area contributed by atoms with Crippen molar-refractivity contribution in [1.82, 2.24) is 14.9 Å². The molecular weight excluding hydrogens is 230 g/mol. The number of nitrogens with one attached hydrogen (secondary N) is 1. The number of hydrogen-bond donors (Lipinski definition) is 1. The molecular formula is C13H19N3S. The molecule has 2 aromatic rings. The van der Waals surface area contributed by atoms with Crippen LogP contribution in [0.25, 0.3) is 0 Å². The fraction of sp³-hybridized carbons (Fsp3) is 0.462. The van der Waals surface area contributed by atoms with Crippen molar-refractivity contribution in [3.05, 3.63) is 40.6 Å². The van der Waals surface area contributed by atoms with Gasteiger partial charge in [-0.2, -0.15) is 11.3 Å². The van der Waals surface area contributed by atoms with Gasteiger partial charge in [-0.15, -0.1) is 0 Å². The van der Waals surface area contributed by atoms with E-state index in [4.69, 9.17) is 0 Å². The Morgan fingerprint density at radius 3 is 2.94 bits per heavy atom. The zero-order chi connectivity index (χ0) is 12.3. The molecule has 0 spiro atoms. The highest BCUT2D eigenvalue weighted by atomic mass is 32.1. The number of aryl methyl sites for hydroxylation is 2. The van der Waals surface area contributed by atoms with Gasteiger partial charge in [-0.1, -0.05) is 0 Å². The predicted octanol–water partition coefficient (Wildman–Crippen LogP) is 2.64. The SMILES string of the molecule is CNC(C)(C)c1cncn1CCc1ccsc1. The molecule has 2 aromatic heterocycles. The van der Waals surface area contributed by atoms with Crippen LogP contribution in [0.2, 0.25) is 0 Å². The molecule has 1 N–H and O–H groups in total. The Hall–Kier alpha value is -1.13. The van der Waals surface area contributed by atoms with Crippen LogP contribution in [0, 0.1) is 0 Å². The summed E-state index contributed by atoms with van der Waals surface area (Å²) in [6.07, 6.45) is 4.93. The van der Waals surface area contributed by atoms with E-state index in [1.54, 1.807) is 11.3 Å². The van der Waals surface area contributed by atoms with Crippen LogP contribution in [-0.2, 0) is 18.5 Å². The van der Waals surface area contributed by atoms with E-state index >= 15 is 0 Å². The summed E-state index contributed by atoms with van der Waals surface area (Å²) in [5.41, 5.74) is 2.60. The minimum Gasteiger partial charge on any atom is -0.333 e. The molecule has 0 aromatic carbocycles. The molecule has 3 nitrogen and oxygen atoms in total. The Morgan fingerprint density at radius 2 is 2.29 bits per heavy atom. The Labute approximate surface area is 107 Å². The van der Waals surface area contributed by atoms with Crippen LogP contribution in [0.5, 0.6) is 0 Å². The molecule has 0 saturated carbocycles. The molecule has 0 radical (unpaired) electrons. The lowest BCUT2D eigenvalue weighted by molar-refractivity contribution is 0.408. The summed E-state index contributed by atoms with van der Waals surface area (Å²) in [7, 11) is 1.98. The second kappa shape index (κ2) is 5.02. The maximum atomic E-state index is 4.26. The fourth-order valence-electron chi connectivity index (χ4n) is 1.83. The normalized spacial score (nSPS) is 11.9. The van der Waals surface area contributed by atoms with Gasteiger partial charge in [-0.3, -0.25) is 0 Å². The Balaban J connectivity index is 2.09. The molecule has 2 rings (SSSR count). The monoisotopic (exact) mass is 249 g/mol. The maximum Gasteiger partial charge on any atom is 0.0948 e. The van der Waals surface area contributed by atoms with Crippen LogP contribution < -0.4 is 5.32 Å². The summed E-state index contributed by atoms with van der Waals surface area (Å²) in [6.45, 7) is 5.33. The van der Waals surface area contributed by atoms with Gasteiger partial charge in [-0.25, -0.2) is 4.98 Å². The second-order valence-corrected chi connectivity index (χ2v) is 5.51. The third-order valence-electron chi connectivity index (χ3n) is 3.20. The number of nitrogens with zero attached hydrogens (tertiary/aromatic N) is 2. The summed E-state index contributed by atoms with van der Waals surface area (Å²) in [5, 5.41) is 7.65. The first-order chi connectivity index (χ1) is 8.13. The zero-order valence-corrected chi connectivity index (χ0v) is 11.4. The molecule has 0 bridgehead atoms. The van der Waals surface area contributed by atoms with Crippen molar-refractivity contribution in [3.63, 3.8) is 0 Å². The topological polar surface area (TPSA) is 29.9 Å². The third-order valence-corrected chi connectivity index (χ3v) is 3.93. The number of aromatic nitrogens is 2. The van der Waals surface area contributed by atoms with Crippen molar-refractivity contribution in [3.8, 4) is 0 Å². The largest absolute Gasteiger partial charge is 0.333 e. The number of rotatable bonds is 5. The summed E-state index contributed by atoms with van der Waals surface area (Å²) in [6, 6.07) is 2.19. The fourth-order valence-corrected chi connectivity index (χ4v) is 2.54. The maximum absolute atomic E-state index is 4.26. The van der Waals surface area contributed by atoms with Gasteiger partial charge in [0.25, 0.3) is 0 Å². The number of imidazole rings is 1. The van der Waals surface area contributed by atoms with E-state index in [1.807, 2.05) is 19.6 Å². The van der Waals surface area contributed by atoms with Crippen LogP contribution in [0.1, 0.15) is 25.1 Å². The summed E-state index contributed by atoms with van der Waals surface area (Å²) in [4.78, 5) is 4.26. The zero-order valence-electron chi connectivity index (χ0n) is 10.6. The van der Waals surface area contributed by atoms with Gasteiger partial charge in [0.2, 0.25) is 0 Å². The second-order valence-electron chi connectivity index (χ2n) is 4.73. The average molecular weight is 249 g/mol. The van der Waals surface area contributed by atoms with Crippen molar-refractivity contribution >= 4 is 11.3 Å². The molecule has 0 aliphatic carbocycles. The first-order valence-electron chi connectivity index (χ1n) is 5.84. The van der Waals surface area contributed by atoms with E-state index in [0.717, 1.165) is 13.0 Å². The Bertz CT molecular complexity index is 457. The van der Waals surface area contributed by atoms with Crippen LogP contribution in [-0.4, -0.2) is 16.6 Å². The van der Waals surface area contributed by atoms with Crippen LogP contribution in [0.4, 0.5) is 0 Å². The van der Waals surface area contributed by atoms with Gasteiger partial charge in [-0.05, 0) is 49.7 Å². The van der Waals surface area contributed by atoms with Crippen LogP contribution in [0.3, 0.4) is 0 Å². The van der Waals surface area contributed by atoms with Crippen molar-refractivity contribution in [2.45, 2.75) is 32.4 Å². The number of hydrogen-bond acceptors (Lipinski definition) is 3. The Kier molecular flexibility index (Phi) is 3.64. The highest BCUT2D eigenvalue weighted by Gasteiger charge is 2.21. The third kappa shape index (κ3) is 2.76. The molecule has 0 atom stereocenters. The highest BCUT2D eigenvalue weighted by Crippen LogP contribution is 2.19. The van der Waals surface area contributed by atoms with Gasteiger partial charge in [0, 0.05) is 12.7 Å². The van der Waals surface area contributed by atoms with E-state index < -0.39 is 0 Å². The molecule has 0 fully saturated rings. The standard InChI is InChI=1S/C13H19N3S/c1-13(2,14-3)12-8-15-10-16(12)6-4-11-5-7-17-9-11/h5,7-10,14H,4,6H2,1-3H3. The van der Waals surface area contributed by atoms with Crippen molar-refractivity contribution in [2.75, 3.05) is 7.05 Å². The smallest absolute Gasteiger partial charge is 0.0948 e. The van der Waals surface area contributed by atoms with Gasteiger partial charge in [0.1, 0.15) is 0 Å². The lowest BCUT2D eigenvalue weighted by Crippen LogP contribution is -2.35. The lowest BCUT2D eigenvalue weighted by atomic mass is 10.0. The molecule has 0 unspecified atom stereocenters. The quantitative estimate of drug-likeness (QED) is 0.883. The molecule has 0 amide bonds. The van der Waals surface area contributed by atoms with Crippen LogP contribution in [0.15, 0.2) is 29.4 Å². The molecule has 0 aliphatic rings. The molecule has 4 heteroatoms. The molecule has 92 valence electrons. The minimum absolute atomic E-state index is 0.0366. The van der Waals surface area contributed by atoms with Gasteiger partial charge in [0.15, 0.2) is 0 Å². The molecule has 2 heterocycles. The average Bonchev–Trinajstić information content (AvgIpc) is 2.97. The van der Waals surface area contributed by atoms with Crippen molar-refractivity contribution < 1.29 is 0 Å². The lowest BCUT2D eigenvalue weighted by Gasteiger charge is -2.25. The molecule has 0 saturated heterocycles. The predicted molar refractivity (Wildman–Crippen MR) is 72.3 cm³/mol.